The number of aromatic hydroxyl groups is 2. The summed E-state index contributed by atoms with van der Waals surface area (Å²) in [6.07, 6.45) is 0.225. The fourth-order valence-corrected chi connectivity index (χ4v) is 5.47. The van der Waals surface area contributed by atoms with Gasteiger partial charge >= 0.3 is 5.97 Å². The molecule has 0 amide bonds. The third-order valence-electron chi connectivity index (χ3n) is 7.48. The SMILES string of the molecule is CCOC(=O)C1=C(Nc2ccc(F)cc2)CC(c2ccc(O)c(OC)c2)N(c2ccc(F)cc2)C1c1ccc(O)c(OC)c1. The maximum absolute atomic E-state index is 14.2. The minimum atomic E-state index is -0.851. The van der Waals surface area contributed by atoms with Crippen LogP contribution in [-0.4, -0.2) is 37.0 Å². The Morgan fingerprint density at radius 2 is 1.39 bits per heavy atom. The molecule has 44 heavy (non-hydrogen) atoms. The van der Waals surface area contributed by atoms with Crippen LogP contribution in [0.4, 0.5) is 20.2 Å². The van der Waals surface area contributed by atoms with Crippen molar-refractivity contribution >= 4 is 17.3 Å². The highest BCUT2D eigenvalue weighted by Gasteiger charge is 2.42. The Kier molecular flexibility index (Phi) is 8.89. The van der Waals surface area contributed by atoms with Gasteiger partial charge in [0.05, 0.1) is 38.5 Å². The molecule has 0 spiro atoms. The molecule has 0 radical (unpaired) electrons. The van der Waals surface area contributed by atoms with Crippen molar-refractivity contribution < 1.29 is 38.0 Å². The molecule has 1 aliphatic rings. The van der Waals surface area contributed by atoms with Crippen LogP contribution in [0.15, 0.2) is 96.2 Å². The van der Waals surface area contributed by atoms with E-state index in [0.717, 1.165) is 5.56 Å². The number of rotatable bonds is 9. The summed E-state index contributed by atoms with van der Waals surface area (Å²) in [5.41, 5.74) is 3.19. The monoisotopic (exact) mass is 602 g/mol. The molecular formula is C34H32F2N2O6. The first-order chi connectivity index (χ1) is 21.2. The minimum absolute atomic E-state index is 0.0485. The van der Waals surface area contributed by atoms with Crippen LogP contribution in [0.2, 0.25) is 0 Å². The molecule has 1 aliphatic heterocycles. The van der Waals surface area contributed by atoms with Gasteiger partial charge in [0.15, 0.2) is 23.0 Å². The number of esters is 1. The Bertz CT molecular complexity index is 1670. The number of hydrogen-bond acceptors (Lipinski definition) is 8. The highest BCUT2D eigenvalue weighted by Crippen LogP contribution is 2.50. The Morgan fingerprint density at radius 3 is 1.95 bits per heavy atom. The minimum Gasteiger partial charge on any atom is -0.504 e. The molecule has 0 saturated heterocycles. The highest BCUT2D eigenvalue weighted by atomic mass is 19.1. The topological polar surface area (TPSA) is 100 Å². The fraction of sp³-hybridized carbons (Fsp3) is 0.206. The number of hydrogen-bond donors (Lipinski definition) is 3. The average molecular weight is 603 g/mol. The number of nitrogens with one attached hydrogen (secondary N) is 1. The van der Waals surface area contributed by atoms with E-state index in [-0.39, 0.29) is 41.6 Å². The summed E-state index contributed by atoms with van der Waals surface area (Å²) in [6, 6.07) is 20.0. The molecule has 10 heteroatoms. The van der Waals surface area contributed by atoms with Crippen LogP contribution in [0.5, 0.6) is 23.0 Å². The van der Waals surface area contributed by atoms with Crippen molar-refractivity contribution in [1.82, 2.24) is 0 Å². The largest absolute Gasteiger partial charge is 0.504 e. The molecule has 4 aromatic carbocycles. The summed E-state index contributed by atoms with van der Waals surface area (Å²) >= 11 is 0. The predicted octanol–water partition coefficient (Wildman–Crippen LogP) is 7.02. The number of methoxy groups -OCH3 is 2. The summed E-state index contributed by atoms with van der Waals surface area (Å²) in [4.78, 5) is 15.8. The molecule has 5 rings (SSSR count). The predicted molar refractivity (Wildman–Crippen MR) is 162 cm³/mol. The summed E-state index contributed by atoms with van der Waals surface area (Å²) in [7, 11) is 2.87. The molecule has 8 nitrogen and oxygen atoms in total. The summed E-state index contributed by atoms with van der Waals surface area (Å²) in [5, 5.41) is 24.1. The van der Waals surface area contributed by atoms with Crippen molar-refractivity contribution in [3.8, 4) is 23.0 Å². The molecule has 0 fully saturated rings. The van der Waals surface area contributed by atoms with Gasteiger partial charge in [-0.3, -0.25) is 0 Å². The van der Waals surface area contributed by atoms with Crippen molar-refractivity contribution in [3.05, 3.63) is 119 Å². The van der Waals surface area contributed by atoms with E-state index in [0.29, 0.717) is 22.6 Å². The molecule has 3 N–H and O–H groups in total. The first kappa shape index (κ1) is 30.2. The van der Waals surface area contributed by atoms with Crippen LogP contribution in [0.25, 0.3) is 0 Å². The van der Waals surface area contributed by atoms with E-state index in [1.54, 1.807) is 55.5 Å². The average Bonchev–Trinajstić information content (AvgIpc) is 3.02. The normalized spacial score (nSPS) is 16.4. The molecule has 4 aromatic rings. The highest BCUT2D eigenvalue weighted by molar-refractivity contribution is 5.93. The van der Waals surface area contributed by atoms with Crippen LogP contribution in [0.3, 0.4) is 0 Å². The molecule has 0 aromatic heterocycles. The van der Waals surface area contributed by atoms with Gasteiger partial charge < -0.3 is 34.6 Å². The van der Waals surface area contributed by atoms with Crippen molar-refractivity contribution in [3.63, 3.8) is 0 Å². The zero-order valence-electron chi connectivity index (χ0n) is 24.4. The maximum atomic E-state index is 14.2. The Morgan fingerprint density at radius 1 is 0.841 bits per heavy atom. The molecule has 2 unspecified atom stereocenters. The van der Waals surface area contributed by atoms with Crippen LogP contribution in [0.1, 0.15) is 36.6 Å². The van der Waals surface area contributed by atoms with E-state index in [1.807, 2.05) is 4.90 Å². The number of anilines is 2. The van der Waals surface area contributed by atoms with E-state index in [2.05, 4.69) is 5.32 Å². The van der Waals surface area contributed by atoms with Crippen LogP contribution >= 0.6 is 0 Å². The molecular weight excluding hydrogens is 570 g/mol. The van der Waals surface area contributed by atoms with E-state index in [4.69, 9.17) is 14.2 Å². The molecule has 0 saturated carbocycles. The lowest BCUT2D eigenvalue weighted by Gasteiger charge is -2.46. The quantitative estimate of drug-likeness (QED) is 0.176. The second-order valence-electron chi connectivity index (χ2n) is 10.1. The summed E-state index contributed by atoms with van der Waals surface area (Å²) in [6.45, 7) is 1.81. The Labute approximate surface area is 253 Å². The zero-order chi connectivity index (χ0) is 31.4. The van der Waals surface area contributed by atoms with Crippen molar-refractivity contribution in [1.29, 1.82) is 0 Å². The van der Waals surface area contributed by atoms with Crippen molar-refractivity contribution in [2.75, 3.05) is 31.0 Å². The van der Waals surface area contributed by atoms with Gasteiger partial charge in [-0.25, -0.2) is 13.6 Å². The number of phenolic OH excluding ortho intramolecular Hbond substituents is 2. The van der Waals surface area contributed by atoms with E-state index in [1.165, 1.54) is 50.6 Å². The van der Waals surface area contributed by atoms with E-state index >= 15 is 0 Å². The van der Waals surface area contributed by atoms with E-state index < -0.39 is 29.7 Å². The van der Waals surface area contributed by atoms with Gasteiger partial charge in [0.25, 0.3) is 0 Å². The first-order valence-corrected chi connectivity index (χ1v) is 13.9. The first-order valence-electron chi connectivity index (χ1n) is 13.9. The molecule has 0 aliphatic carbocycles. The van der Waals surface area contributed by atoms with Crippen LogP contribution in [-0.2, 0) is 9.53 Å². The zero-order valence-corrected chi connectivity index (χ0v) is 24.4. The summed E-state index contributed by atoms with van der Waals surface area (Å²) in [5.74, 6) is -1.15. The maximum Gasteiger partial charge on any atom is 0.338 e. The molecule has 1 heterocycles. The standard InChI is InChI=1S/C34H32F2N2O6/c1-4-44-34(41)32-26(37-24-11-7-22(35)8-12-24)19-27(20-5-15-28(39)30(17-20)42-2)38(25-13-9-23(36)10-14-25)33(32)21-6-16-29(40)31(18-21)43-3/h5-18,27,33,37,39-40H,4,19H2,1-3H3. The van der Waals surface area contributed by atoms with Gasteiger partial charge in [-0.15, -0.1) is 0 Å². The lowest BCUT2D eigenvalue weighted by molar-refractivity contribution is -0.139. The number of benzene rings is 4. The van der Waals surface area contributed by atoms with Gasteiger partial charge in [0, 0.05) is 23.5 Å². The molecule has 228 valence electrons. The Balaban J connectivity index is 1.82. The number of halogens is 2. The number of phenols is 2. The second kappa shape index (κ2) is 12.9. The number of nitrogens with zero attached hydrogens (tertiary/aromatic N) is 1. The fourth-order valence-electron chi connectivity index (χ4n) is 5.47. The molecule has 2 atom stereocenters. The number of carbonyl (C=O) groups is 1. The van der Waals surface area contributed by atoms with Crippen LogP contribution in [0, 0.1) is 11.6 Å². The van der Waals surface area contributed by atoms with Gasteiger partial charge in [0.2, 0.25) is 0 Å². The summed E-state index contributed by atoms with van der Waals surface area (Å²) < 4.78 is 44.4. The van der Waals surface area contributed by atoms with Gasteiger partial charge in [0.1, 0.15) is 11.6 Å². The van der Waals surface area contributed by atoms with Crippen molar-refractivity contribution in [2.45, 2.75) is 25.4 Å². The van der Waals surface area contributed by atoms with Crippen LogP contribution < -0.4 is 19.7 Å². The van der Waals surface area contributed by atoms with Gasteiger partial charge in [-0.05, 0) is 90.8 Å². The number of ether oxygens (including phenoxy) is 3. The smallest absolute Gasteiger partial charge is 0.338 e. The van der Waals surface area contributed by atoms with Gasteiger partial charge in [-0.2, -0.15) is 0 Å². The van der Waals surface area contributed by atoms with E-state index in [9.17, 15) is 23.8 Å². The number of carbonyl (C=O) groups excluding carboxylic acids is 1. The third kappa shape index (κ3) is 6.10. The second-order valence-corrected chi connectivity index (χ2v) is 10.1. The third-order valence-corrected chi connectivity index (χ3v) is 7.48. The Hall–Kier alpha value is -5.25. The lowest BCUT2D eigenvalue weighted by atomic mass is 9.84. The van der Waals surface area contributed by atoms with Gasteiger partial charge in [-0.1, -0.05) is 12.1 Å². The van der Waals surface area contributed by atoms with Crippen molar-refractivity contribution in [2.24, 2.45) is 0 Å². The molecule has 0 bridgehead atoms. The lowest BCUT2D eigenvalue weighted by Crippen LogP contribution is -2.41.